The Bertz CT molecular complexity index is 494. The number of ether oxygens (including phenoxy) is 2. The van der Waals surface area contributed by atoms with Crippen LogP contribution in [0.1, 0.15) is 13.8 Å². The highest BCUT2D eigenvalue weighted by Crippen LogP contribution is 2.30. The molecular weight excluding hydrogens is 311 g/mol. The summed E-state index contributed by atoms with van der Waals surface area (Å²) < 4.78 is 46.4. The first-order valence-corrected chi connectivity index (χ1v) is 6.52. The first-order valence-electron chi connectivity index (χ1n) is 6.14. The Balaban J connectivity index is 2.84. The highest BCUT2D eigenvalue weighted by molar-refractivity contribution is 6.30. The lowest BCUT2D eigenvalue weighted by Gasteiger charge is -2.16. The van der Waals surface area contributed by atoms with E-state index in [1.807, 2.05) is 0 Å². The van der Waals surface area contributed by atoms with Gasteiger partial charge < -0.3 is 14.8 Å². The topological polar surface area (TPSA) is 47.6 Å². The zero-order valence-electron chi connectivity index (χ0n) is 11.5. The maximum absolute atomic E-state index is 12.2. The van der Waals surface area contributed by atoms with Gasteiger partial charge in [0, 0.05) is 17.7 Å². The van der Waals surface area contributed by atoms with Crippen molar-refractivity contribution in [2.45, 2.75) is 26.1 Å². The Kier molecular flexibility index (Phi) is 6.29. The van der Waals surface area contributed by atoms with E-state index in [1.165, 1.54) is 25.1 Å². The molecule has 118 valence electrons. The Hall–Kier alpha value is -1.47. The molecule has 21 heavy (non-hydrogen) atoms. The molecule has 1 aromatic rings. The van der Waals surface area contributed by atoms with Crippen LogP contribution in [0.15, 0.2) is 18.2 Å². The highest BCUT2D eigenvalue weighted by atomic mass is 35.5. The first kappa shape index (κ1) is 17.6. The molecule has 0 fully saturated rings. The largest absolute Gasteiger partial charge is 0.482 e. The number of amides is 1. The minimum absolute atomic E-state index is 0.0974. The fourth-order valence-corrected chi connectivity index (χ4v) is 1.60. The molecule has 0 saturated carbocycles. The van der Waals surface area contributed by atoms with Gasteiger partial charge in [0.05, 0.1) is 5.69 Å². The van der Waals surface area contributed by atoms with Crippen molar-refractivity contribution >= 4 is 23.2 Å². The SMILES string of the molecule is CCO[C@@H](C)C(=O)Nc1ccc(Cl)cc1OCC(F)(F)F. The minimum atomic E-state index is -4.48. The summed E-state index contributed by atoms with van der Waals surface area (Å²) in [5.74, 6) is -0.645. The van der Waals surface area contributed by atoms with E-state index >= 15 is 0 Å². The van der Waals surface area contributed by atoms with Crippen LogP contribution in [-0.2, 0) is 9.53 Å². The fourth-order valence-electron chi connectivity index (χ4n) is 1.44. The van der Waals surface area contributed by atoms with E-state index < -0.39 is 24.8 Å². The summed E-state index contributed by atoms with van der Waals surface area (Å²) in [4.78, 5) is 11.8. The smallest absolute Gasteiger partial charge is 0.422 e. The molecule has 1 rings (SSSR count). The normalized spacial score (nSPS) is 12.9. The summed E-state index contributed by atoms with van der Waals surface area (Å²) in [5.41, 5.74) is 0.0974. The average molecular weight is 326 g/mol. The molecule has 1 N–H and O–H groups in total. The number of rotatable bonds is 6. The van der Waals surface area contributed by atoms with Gasteiger partial charge in [0.15, 0.2) is 6.61 Å². The summed E-state index contributed by atoms with van der Waals surface area (Å²) in [5, 5.41) is 2.64. The molecule has 1 amide bonds. The number of nitrogens with one attached hydrogen (secondary N) is 1. The molecule has 0 aliphatic carbocycles. The summed E-state index contributed by atoms with van der Waals surface area (Å²) in [6, 6.07) is 4.00. The number of anilines is 1. The molecule has 0 bridgehead atoms. The third kappa shape index (κ3) is 6.22. The van der Waals surface area contributed by atoms with Gasteiger partial charge in [-0.05, 0) is 26.0 Å². The van der Waals surface area contributed by atoms with Crippen LogP contribution < -0.4 is 10.1 Å². The van der Waals surface area contributed by atoms with E-state index in [0.29, 0.717) is 6.61 Å². The summed E-state index contributed by atoms with van der Waals surface area (Å²) in [7, 11) is 0. The van der Waals surface area contributed by atoms with Crippen molar-refractivity contribution in [3.8, 4) is 5.75 Å². The van der Waals surface area contributed by atoms with Crippen LogP contribution in [0.4, 0.5) is 18.9 Å². The molecule has 1 aromatic carbocycles. The Morgan fingerprint density at radius 3 is 2.67 bits per heavy atom. The van der Waals surface area contributed by atoms with E-state index in [4.69, 9.17) is 16.3 Å². The van der Waals surface area contributed by atoms with Gasteiger partial charge >= 0.3 is 6.18 Å². The molecule has 0 saturated heterocycles. The molecule has 0 aliphatic heterocycles. The average Bonchev–Trinajstić information content (AvgIpc) is 2.38. The van der Waals surface area contributed by atoms with Crippen LogP contribution >= 0.6 is 11.6 Å². The van der Waals surface area contributed by atoms with Crippen molar-refractivity contribution in [1.29, 1.82) is 0 Å². The van der Waals surface area contributed by atoms with Crippen LogP contribution in [0.5, 0.6) is 5.75 Å². The summed E-state index contributed by atoms with van der Waals surface area (Å²) in [6.45, 7) is 2.12. The van der Waals surface area contributed by atoms with Crippen LogP contribution in [0.2, 0.25) is 5.02 Å². The van der Waals surface area contributed by atoms with Crippen LogP contribution in [-0.4, -0.2) is 31.4 Å². The van der Waals surface area contributed by atoms with Crippen molar-refractivity contribution in [1.82, 2.24) is 0 Å². The van der Waals surface area contributed by atoms with Crippen molar-refractivity contribution in [3.05, 3.63) is 23.2 Å². The minimum Gasteiger partial charge on any atom is -0.482 e. The summed E-state index contributed by atoms with van der Waals surface area (Å²) >= 11 is 5.72. The van der Waals surface area contributed by atoms with Crippen LogP contribution in [0.3, 0.4) is 0 Å². The van der Waals surface area contributed by atoms with E-state index in [-0.39, 0.29) is 16.5 Å². The molecular formula is C13H15ClF3NO3. The zero-order valence-corrected chi connectivity index (χ0v) is 12.2. The molecule has 0 aromatic heterocycles. The van der Waals surface area contributed by atoms with Crippen molar-refractivity contribution in [3.63, 3.8) is 0 Å². The predicted octanol–water partition coefficient (Wildman–Crippen LogP) is 3.64. The molecule has 4 nitrogen and oxygen atoms in total. The van der Waals surface area contributed by atoms with Gasteiger partial charge in [0.25, 0.3) is 5.91 Å². The molecule has 8 heteroatoms. The predicted molar refractivity (Wildman–Crippen MR) is 72.7 cm³/mol. The number of hydrogen-bond acceptors (Lipinski definition) is 3. The molecule has 0 aliphatic rings. The highest BCUT2D eigenvalue weighted by Gasteiger charge is 2.29. The molecule has 0 radical (unpaired) electrons. The van der Waals surface area contributed by atoms with E-state index in [9.17, 15) is 18.0 Å². The van der Waals surface area contributed by atoms with Gasteiger partial charge in [-0.2, -0.15) is 13.2 Å². The lowest BCUT2D eigenvalue weighted by Crippen LogP contribution is -2.28. The summed E-state index contributed by atoms with van der Waals surface area (Å²) in [6.07, 6.45) is -5.22. The Morgan fingerprint density at radius 2 is 2.10 bits per heavy atom. The fraction of sp³-hybridized carbons (Fsp3) is 0.462. The lowest BCUT2D eigenvalue weighted by molar-refractivity contribution is -0.153. The third-order valence-corrected chi connectivity index (χ3v) is 2.61. The number of halogens is 4. The second-order valence-electron chi connectivity index (χ2n) is 4.13. The number of hydrogen-bond donors (Lipinski definition) is 1. The van der Waals surface area contributed by atoms with E-state index in [2.05, 4.69) is 10.1 Å². The number of carbonyl (C=O) groups is 1. The number of alkyl halides is 3. The quantitative estimate of drug-likeness (QED) is 0.868. The molecule has 1 atom stereocenters. The maximum atomic E-state index is 12.2. The Labute approximate surface area is 125 Å². The van der Waals surface area contributed by atoms with Gasteiger partial charge in [-0.25, -0.2) is 0 Å². The zero-order chi connectivity index (χ0) is 16.0. The van der Waals surface area contributed by atoms with E-state index in [0.717, 1.165) is 0 Å². The van der Waals surface area contributed by atoms with E-state index in [1.54, 1.807) is 6.92 Å². The van der Waals surface area contributed by atoms with Gasteiger partial charge in [0.1, 0.15) is 11.9 Å². The van der Waals surface area contributed by atoms with Gasteiger partial charge in [0.2, 0.25) is 0 Å². The molecule has 0 unspecified atom stereocenters. The third-order valence-electron chi connectivity index (χ3n) is 2.38. The van der Waals surface area contributed by atoms with Crippen LogP contribution in [0, 0.1) is 0 Å². The monoisotopic (exact) mass is 325 g/mol. The number of benzene rings is 1. The first-order chi connectivity index (χ1) is 9.73. The van der Waals surface area contributed by atoms with Crippen molar-refractivity contribution in [2.24, 2.45) is 0 Å². The molecule has 0 spiro atoms. The number of carbonyl (C=O) groups excluding carboxylic acids is 1. The second kappa shape index (κ2) is 7.51. The van der Waals surface area contributed by atoms with Crippen molar-refractivity contribution in [2.75, 3.05) is 18.5 Å². The maximum Gasteiger partial charge on any atom is 0.422 e. The standard InChI is InChI=1S/C13H15ClF3NO3/c1-3-20-8(2)12(19)18-10-5-4-9(14)6-11(10)21-7-13(15,16)17/h4-6,8H,3,7H2,1-2H3,(H,18,19)/t8-/m0/s1. The van der Waals surface area contributed by atoms with Gasteiger partial charge in [-0.1, -0.05) is 11.6 Å². The van der Waals surface area contributed by atoms with Gasteiger partial charge in [-0.3, -0.25) is 4.79 Å². The Morgan fingerprint density at radius 1 is 1.43 bits per heavy atom. The second-order valence-corrected chi connectivity index (χ2v) is 4.57. The van der Waals surface area contributed by atoms with Crippen molar-refractivity contribution < 1.29 is 27.4 Å². The van der Waals surface area contributed by atoms with Gasteiger partial charge in [-0.15, -0.1) is 0 Å². The lowest BCUT2D eigenvalue weighted by atomic mass is 10.2. The van der Waals surface area contributed by atoms with Crippen LogP contribution in [0.25, 0.3) is 0 Å². The molecule has 0 heterocycles.